The van der Waals surface area contributed by atoms with Crippen molar-refractivity contribution in [2.24, 2.45) is 0 Å². The monoisotopic (exact) mass is 367 g/mol. The van der Waals surface area contributed by atoms with Crippen molar-refractivity contribution < 1.29 is 4.74 Å². The van der Waals surface area contributed by atoms with Crippen molar-refractivity contribution in [3.05, 3.63) is 42.2 Å². The van der Waals surface area contributed by atoms with Gasteiger partial charge in [0.1, 0.15) is 5.82 Å². The fraction of sp³-hybridized carbons (Fsp3) is 0.421. The predicted molar refractivity (Wildman–Crippen MR) is 106 cm³/mol. The average molecular weight is 367 g/mol. The van der Waals surface area contributed by atoms with Crippen LogP contribution in [0.25, 0.3) is 10.9 Å². The molecule has 0 saturated carbocycles. The minimum atomic E-state index is 0.174. The second-order valence-electron chi connectivity index (χ2n) is 7.09. The van der Waals surface area contributed by atoms with E-state index in [9.17, 15) is 0 Å². The number of fused-ring (bicyclic) bond motifs is 1. The lowest BCUT2D eigenvalue weighted by molar-refractivity contribution is 0.0639. The molecule has 1 aliphatic rings. The Morgan fingerprint density at radius 3 is 2.96 bits per heavy atom. The molecule has 1 aromatic carbocycles. The number of hydrogen-bond acceptors (Lipinski definition) is 7. The van der Waals surface area contributed by atoms with Gasteiger partial charge >= 0.3 is 0 Å². The van der Waals surface area contributed by atoms with Crippen LogP contribution in [0.15, 0.2) is 36.7 Å². The summed E-state index contributed by atoms with van der Waals surface area (Å²) in [4.78, 5) is 13.5. The Morgan fingerprint density at radius 1 is 1.30 bits per heavy atom. The van der Waals surface area contributed by atoms with E-state index in [2.05, 4.69) is 62.6 Å². The molecule has 2 atom stereocenters. The molecular weight excluding hydrogens is 342 g/mol. The first-order valence-electron chi connectivity index (χ1n) is 9.07. The van der Waals surface area contributed by atoms with E-state index in [-0.39, 0.29) is 6.10 Å². The van der Waals surface area contributed by atoms with Gasteiger partial charge in [-0.1, -0.05) is 12.1 Å². The SMILES string of the molecule is CO[C@@H]1CN(c2ccnc(NCc3ccc4cn[nH]c4c3)n2)C[C@@H]1N(C)C. The van der Waals surface area contributed by atoms with Gasteiger partial charge in [-0.15, -0.1) is 0 Å². The summed E-state index contributed by atoms with van der Waals surface area (Å²) in [6, 6.07) is 8.53. The van der Waals surface area contributed by atoms with E-state index < -0.39 is 0 Å². The molecule has 2 N–H and O–H groups in total. The van der Waals surface area contributed by atoms with Gasteiger partial charge in [0.05, 0.1) is 23.9 Å². The zero-order chi connectivity index (χ0) is 18.8. The number of hydrogen-bond donors (Lipinski definition) is 2. The Kier molecular flexibility index (Phi) is 4.91. The third-order valence-electron chi connectivity index (χ3n) is 5.12. The third kappa shape index (κ3) is 3.72. The van der Waals surface area contributed by atoms with E-state index in [1.165, 1.54) is 0 Å². The minimum absolute atomic E-state index is 0.174. The largest absolute Gasteiger partial charge is 0.378 e. The standard InChI is InChI=1S/C19H25N7O/c1-25(2)16-11-26(12-17(16)27-3)18-6-7-20-19(23-18)21-9-13-4-5-14-10-22-24-15(14)8-13/h4-8,10,16-17H,9,11-12H2,1-3H3,(H,22,24)(H,20,21,23)/t16-,17+/m0/s1. The minimum Gasteiger partial charge on any atom is -0.378 e. The van der Waals surface area contributed by atoms with Crippen LogP contribution in [0.1, 0.15) is 5.56 Å². The molecule has 142 valence electrons. The Bertz CT molecular complexity index is 910. The Morgan fingerprint density at radius 2 is 2.19 bits per heavy atom. The van der Waals surface area contributed by atoms with Gasteiger partial charge in [0.15, 0.2) is 0 Å². The van der Waals surface area contributed by atoms with E-state index in [1.807, 2.05) is 12.3 Å². The summed E-state index contributed by atoms with van der Waals surface area (Å²) < 4.78 is 5.65. The molecule has 0 bridgehead atoms. The third-order valence-corrected chi connectivity index (χ3v) is 5.12. The van der Waals surface area contributed by atoms with Crippen LogP contribution in [0, 0.1) is 0 Å². The van der Waals surface area contributed by atoms with Gasteiger partial charge < -0.3 is 19.9 Å². The van der Waals surface area contributed by atoms with Crippen LogP contribution in [0.4, 0.5) is 11.8 Å². The molecule has 1 aliphatic heterocycles. The van der Waals surface area contributed by atoms with E-state index >= 15 is 0 Å². The van der Waals surface area contributed by atoms with Crippen LogP contribution >= 0.6 is 0 Å². The molecule has 4 rings (SSSR count). The number of benzene rings is 1. The number of likely N-dealkylation sites (N-methyl/N-ethyl adjacent to an activating group) is 1. The van der Waals surface area contributed by atoms with Crippen molar-refractivity contribution in [3.8, 4) is 0 Å². The highest BCUT2D eigenvalue weighted by atomic mass is 16.5. The molecule has 0 unspecified atom stereocenters. The summed E-state index contributed by atoms with van der Waals surface area (Å²) in [5.74, 6) is 1.54. The molecule has 8 heteroatoms. The maximum absolute atomic E-state index is 5.65. The lowest BCUT2D eigenvalue weighted by Crippen LogP contribution is -2.39. The first-order valence-corrected chi connectivity index (χ1v) is 9.07. The maximum atomic E-state index is 5.65. The lowest BCUT2D eigenvalue weighted by atomic mass is 10.2. The molecule has 3 aromatic rings. The van der Waals surface area contributed by atoms with Crippen LogP contribution in [0.2, 0.25) is 0 Å². The Labute approximate surface area is 158 Å². The Balaban J connectivity index is 1.44. The van der Waals surface area contributed by atoms with Gasteiger partial charge in [-0.2, -0.15) is 10.1 Å². The summed E-state index contributed by atoms with van der Waals surface area (Å²) in [5.41, 5.74) is 2.18. The van der Waals surface area contributed by atoms with E-state index in [0.29, 0.717) is 18.5 Å². The maximum Gasteiger partial charge on any atom is 0.224 e. The van der Waals surface area contributed by atoms with Crippen LogP contribution in [0.3, 0.4) is 0 Å². The molecule has 0 spiro atoms. The number of H-pyrrole nitrogens is 1. The van der Waals surface area contributed by atoms with Gasteiger partial charge in [0.2, 0.25) is 5.95 Å². The number of nitrogens with one attached hydrogen (secondary N) is 2. The van der Waals surface area contributed by atoms with E-state index in [1.54, 1.807) is 13.3 Å². The molecule has 1 fully saturated rings. The molecule has 1 saturated heterocycles. The highest BCUT2D eigenvalue weighted by Gasteiger charge is 2.34. The number of rotatable bonds is 6. The molecule has 0 aliphatic carbocycles. The normalized spacial score (nSPS) is 19.9. The van der Waals surface area contributed by atoms with Gasteiger partial charge in [-0.25, -0.2) is 4.98 Å². The van der Waals surface area contributed by atoms with Gasteiger partial charge in [-0.3, -0.25) is 5.10 Å². The van der Waals surface area contributed by atoms with E-state index in [0.717, 1.165) is 35.4 Å². The van der Waals surface area contributed by atoms with Crippen molar-refractivity contribution >= 4 is 22.7 Å². The summed E-state index contributed by atoms with van der Waals surface area (Å²) in [7, 11) is 5.95. The molecular formula is C19H25N7O. The van der Waals surface area contributed by atoms with Crippen molar-refractivity contribution in [3.63, 3.8) is 0 Å². The van der Waals surface area contributed by atoms with Gasteiger partial charge in [0.25, 0.3) is 0 Å². The number of nitrogens with zero attached hydrogens (tertiary/aromatic N) is 5. The number of ether oxygens (including phenoxy) is 1. The molecule has 27 heavy (non-hydrogen) atoms. The van der Waals surface area contributed by atoms with Gasteiger partial charge in [-0.05, 0) is 31.8 Å². The van der Waals surface area contributed by atoms with Crippen molar-refractivity contribution in [1.29, 1.82) is 0 Å². The van der Waals surface area contributed by atoms with Crippen LogP contribution < -0.4 is 10.2 Å². The summed E-state index contributed by atoms with van der Waals surface area (Å²) in [6.07, 6.45) is 3.80. The molecule has 2 aromatic heterocycles. The zero-order valence-corrected chi connectivity index (χ0v) is 15.9. The number of aromatic nitrogens is 4. The predicted octanol–water partition coefficient (Wildman–Crippen LogP) is 1.73. The fourth-order valence-electron chi connectivity index (χ4n) is 3.56. The number of methoxy groups -OCH3 is 1. The summed E-state index contributed by atoms with van der Waals surface area (Å²) >= 11 is 0. The lowest BCUT2D eigenvalue weighted by Gasteiger charge is -2.23. The number of aromatic amines is 1. The van der Waals surface area contributed by atoms with Crippen LogP contribution in [-0.2, 0) is 11.3 Å². The number of anilines is 2. The summed E-state index contributed by atoms with van der Waals surface area (Å²) in [5, 5.41) is 11.5. The highest BCUT2D eigenvalue weighted by Crippen LogP contribution is 2.23. The smallest absolute Gasteiger partial charge is 0.224 e. The van der Waals surface area contributed by atoms with E-state index in [4.69, 9.17) is 9.72 Å². The Hall–Kier alpha value is -2.71. The quantitative estimate of drug-likeness (QED) is 0.686. The second kappa shape index (κ2) is 7.50. The molecule has 0 amide bonds. The highest BCUT2D eigenvalue weighted by molar-refractivity contribution is 5.78. The molecule has 8 nitrogen and oxygen atoms in total. The molecule has 0 radical (unpaired) electrons. The fourth-order valence-corrected chi connectivity index (χ4v) is 3.56. The first kappa shape index (κ1) is 17.7. The van der Waals surface area contributed by atoms with Gasteiger partial charge in [0, 0.05) is 38.3 Å². The summed E-state index contributed by atoms with van der Waals surface area (Å²) in [6.45, 7) is 2.37. The van der Waals surface area contributed by atoms with Crippen molar-refractivity contribution in [2.45, 2.75) is 18.7 Å². The first-order chi connectivity index (χ1) is 13.1. The van der Waals surface area contributed by atoms with Crippen LogP contribution in [0.5, 0.6) is 0 Å². The second-order valence-corrected chi connectivity index (χ2v) is 7.09. The van der Waals surface area contributed by atoms with Crippen molar-refractivity contribution in [2.75, 3.05) is 44.5 Å². The average Bonchev–Trinajstić information content (AvgIpc) is 3.33. The topological polar surface area (TPSA) is 82.2 Å². The van der Waals surface area contributed by atoms with Crippen LogP contribution in [-0.4, -0.2) is 71.5 Å². The van der Waals surface area contributed by atoms with Crippen molar-refractivity contribution in [1.82, 2.24) is 25.1 Å². The molecule has 3 heterocycles. The zero-order valence-electron chi connectivity index (χ0n) is 15.9.